The first-order chi connectivity index (χ1) is 30.8. The Morgan fingerprint density at radius 1 is 0.290 bits per heavy atom. The van der Waals surface area contributed by atoms with Crippen molar-refractivity contribution in [3.8, 4) is 45.1 Å². The maximum Gasteiger partial charge on any atom is 0.235 e. The van der Waals surface area contributed by atoms with Crippen molar-refractivity contribution in [3.05, 3.63) is 218 Å². The Bertz CT molecular complexity index is 3920. The minimum atomic E-state index is 0.655. The molecule has 0 bridgehead atoms. The largest absolute Gasteiger partial charge is 0.309 e. The molecule has 10 aromatic carbocycles. The summed E-state index contributed by atoms with van der Waals surface area (Å²) in [4.78, 5) is 10.6. The van der Waals surface area contributed by atoms with Crippen LogP contribution in [0, 0.1) is 0 Å². The van der Waals surface area contributed by atoms with Crippen LogP contribution in [-0.4, -0.2) is 19.1 Å². The van der Waals surface area contributed by atoms with Crippen molar-refractivity contribution in [2.75, 3.05) is 0 Å². The Morgan fingerprint density at radius 2 is 0.823 bits per heavy atom. The van der Waals surface area contributed by atoms with Gasteiger partial charge in [-0.1, -0.05) is 176 Å². The molecule has 4 heteroatoms. The molecule has 0 amide bonds. The topological polar surface area (TPSA) is 35.6 Å². The fourth-order valence-electron chi connectivity index (χ4n) is 10.0. The number of hydrogen-bond donors (Lipinski definition) is 0. The zero-order valence-corrected chi connectivity index (χ0v) is 33.6. The minimum Gasteiger partial charge on any atom is -0.309 e. The van der Waals surface area contributed by atoms with Gasteiger partial charge < -0.3 is 4.57 Å². The van der Waals surface area contributed by atoms with E-state index in [0.717, 1.165) is 49.8 Å². The molecule has 0 radical (unpaired) electrons. The molecule has 0 aliphatic carbocycles. The van der Waals surface area contributed by atoms with E-state index in [4.69, 9.17) is 9.97 Å². The maximum atomic E-state index is 5.35. The van der Waals surface area contributed by atoms with E-state index >= 15 is 0 Å². The molecular formula is C58H36N4. The van der Waals surface area contributed by atoms with Crippen LogP contribution < -0.4 is 0 Å². The lowest BCUT2D eigenvalue weighted by Gasteiger charge is -2.16. The van der Waals surface area contributed by atoms with Gasteiger partial charge >= 0.3 is 0 Å². The van der Waals surface area contributed by atoms with Crippen LogP contribution in [0.15, 0.2) is 218 Å². The second-order valence-electron chi connectivity index (χ2n) is 16.1. The molecule has 0 spiro atoms. The Balaban J connectivity index is 1.04. The van der Waals surface area contributed by atoms with E-state index in [-0.39, 0.29) is 0 Å². The number of benzene rings is 10. The molecule has 288 valence electrons. The van der Waals surface area contributed by atoms with Crippen LogP contribution in [0.1, 0.15) is 0 Å². The van der Waals surface area contributed by atoms with E-state index in [0.29, 0.717) is 5.95 Å². The van der Waals surface area contributed by atoms with E-state index in [1.807, 2.05) is 6.07 Å². The number of fused-ring (bicyclic) bond motifs is 10. The van der Waals surface area contributed by atoms with Crippen LogP contribution in [-0.2, 0) is 0 Å². The van der Waals surface area contributed by atoms with Gasteiger partial charge in [-0.3, -0.25) is 4.57 Å². The molecule has 0 atom stereocenters. The minimum absolute atomic E-state index is 0.655. The van der Waals surface area contributed by atoms with Gasteiger partial charge in [-0.2, -0.15) is 0 Å². The molecule has 62 heavy (non-hydrogen) atoms. The quantitative estimate of drug-likeness (QED) is 0.174. The molecule has 0 fully saturated rings. The average Bonchev–Trinajstić information content (AvgIpc) is 3.86. The Kier molecular flexibility index (Phi) is 7.57. The molecule has 0 saturated heterocycles. The predicted molar refractivity (Wildman–Crippen MR) is 260 cm³/mol. The molecule has 0 N–H and O–H groups in total. The fraction of sp³-hybridized carbons (Fsp3) is 0. The van der Waals surface area contributed by atoms with Crippen molar-refractivity contribution in [2.24, 2.45) is 0 Å². The normalized spacial score (nSPS) is 11.9. The van der Waals surface area contributed by atoms with Gasteiger partial charge in [0, 0.05) is 43.6 Å². The van der Waals surface area contributed by atoms with Crippen LogP contribution in [0.3, 0.4) is 0 Å². The first-order valence-corrected chi connectivity index (χ1v) is 21.2. The molecule has 0 saturated carbocycles. The van der Waals surface area contributed by atoms with Gasteiger partial charge in [0.25, 0.3) is 0 Å². The molecule has 3 aromatic heterocycles. The van der Waals surface area contributed by atoms with Gasteiger partial charge in [0.2, 0.25) is 5.95 Å². The van der Waals surface area contributed by atoms with Gasteiger partial charge in [0.15, 0.2) is 0 Å². The van der Waals surface area contributed by atoms with Gasteiger partial charge in [-0.15, -0.1) is 0 Å². The van der Waals surface area contributed by atoms with E-state index in [1.165, 1.54) is 65.4 Å². The summed E-state index contributed by atoms with van der Waals surface area (Å²) in [5.41, 5.74) is 13.4. The Morgan fingerprint density at radius 3 is 1.56 bits per heavy atom. The summed E-state index contributed by atoms with van der Waals surface area (Å²) >= 11 is 0. The molecule has 4 nitrogen and oxygen atoms in total. The van der Waals surface area contributed by atoms with Crippen LogP contribution in [0.25, 0.3) is 121 Å². The predicted octanol–water partition coefficient (Wildman–Crippen LogP) is 15.1. The Hall–Kier alpha value is -8.34. The molecule has 0 aliphatic rings. The zero-order chi connectivity index (χ0) is 40.7. The highest BCUT2D eigenvalue weighted by molar-refractivity contribution is 6.23. The summed E-state index contributed by atoms with van der Waals surface area (Å²) in [5.74, 6) is 0.655. The van der Waals surface area contributed by atoms with Crippen molar-refractivity contribution in [1.29, 1.82) is 0 Å². The van der Waals surface area contributed by atoms with Gasteiger partial charge in [-0.25, -0.2) is 9.97 Å². The summed E-state index contributed by atoms with van der Waals surface area (Å²) in [5, 5.41) is 10.7. The third-order valence-corrected chi connectivity index (χ3v) is 12.7. The van der Waals surface area contributed by atoms with Crippen LogP contribution in [0.5, 0.6) is 0 Å². The van der Waals surface area contributed by atoms with Gasteiger partial charge in [0.05, 0.1) is 33.3 Å². The van der Waals surface area contributed by atoms with Crippen molar-refractivity contribution < 1.29 is 0 Å². The number of rotatable bonds is 5. The average molecular weight is 789 g/mol. The highest BCUT2D eigenvalue weighted by Crippen LogP contribution is 2.45. The van der Waals surface area contributed by atoms with E-state index in [1.54, 1.807) is 0 Å². The molecule has 13 rings (SSSR count). The number of nitrogens with zero attached hydrogens (tertiary/aromatic N) is 4. The first kappa shape index (κ1) is 34.5. The van der Waals surface area contributed by atoms with Crippen LogP contribution >= 0.6 is 0 Å². The highest BCUT2D eigenvalue weighted by Gasteiger charge is 2.21. The van der Waals surface area contributed by atoms with Crippen molar-refractivity contribution in [3.63, 3.8) is 0 Å². The number of aromatic nitrogens is 4. The number of para-hydroxylation sites is 4. The van der Waals surface area contributed by atoms with Gasteiger partial charge in [0.1, 0.15) is 0 Å². The summed E-state index contributed by atoms with van der Waals surface area (Å²) < 4.78 is 4.68. The molecular weight excluding hydrogens is 753 g/mol. The highest BCUT2D eigenvalue weighted by atomic mass is 15.2. The first-order valence-electron chi connectivity index (χ1n) is 21.2. The van der Waals surface area contributed by atoms with Crippen molar-refractivity contribution in [2.45, 2.75) is 0 Å². The van der Waals surface area contributed by atoms with E-state index in [9.17, 15) is 0 Å². The summed E-state index contributed by atoms with van der Waals surface area (Å²) in [6.45, 7) is 0. The lowest BCUT2D eigenvalue weighted by molar-refractivity contribution is 1.01. The second kappa shape index (κ2) is 13.6. The molecule has 13 aromatic rings. The second-order valence-corrected chi connectivity index (χ2v) is 16.1. The van der Waals surface area contributed by atoms with Crippen LogP contribution in [0.2, 0.25) is 0 Å². The standard InChI is InChI=1S/C58H36N4/c1-3-17-37(18-4-1)56-49-27-11-14-28-52(49)59-58(60-56)62-54-30-16-12-24-45(54)47-32-31-38(35-55(47)62)40-33-34-44(42-22-8-7-21-41(40)42)50-36-51-46-25-13-15-29-53(46)61(39-19-5-2-6-20-39)57(51)48-26-10-9-23-43(48)50/h1-36H. The van der Waals surface area contributed by atoms with Gasteiger partial charge in [-0.05, 0) is 80.9 Å². The maximum absolute atomic E-state index is 5.35. The third-order valence-electron chi connectivity index (χ3n) is 12.7. The number of hydrogen-bond acceptors (Lipinski definition) is 2. The summed E-state index contributed by atoms with van der Waals surface area (Å²) in [6.07, 6.45) is 0. The molecule has 0 unspecified atom stereocenters. The lowest BCUT2D eigenvalue weighted by atomic mass is 9.89. The zero-order valence-electron chi connectivity index (χ0n) is 33.6. The van der Waals surface area contributed by atoms with E-state index < -0.39 is 0 Å². The SMILES string of the molecule is c1ccc(-c2nc(-n3c4ccccc4c4ccc(-c5ccc(-c6cc7c8ccccc8n(-c8ccccc8)c7c7ccccc67)c6ccccc56)cc43)nc3ccccc23)cc1. The van der Waals surface area contributed by atoms with Crippen molar-refractivity contribution >= 4 is 76.1 Å². The third kappa shape index (κ3) is 5.14. The fourth-order valence-corrected chi connectivity index (χ4v) is 10.0. The molecule has 0 aliphatic heterocycles. The molecule has 3 heterocycles. The summed E-state index contributed by atoms with van der Waals surface area (Å²) in [7, 11) is 0. The van der Waals surface area contributed by atoms with Crippen molar-refractivity contribution in [1.82, 2.24) is 19.1 Å². The van der Waals surface area contributed by atoms with E-state index in [2.05, 4.69) is 221 Å². The monoisotopic (exact) mass is 788 g/mol. The Labute approximate surface area is 357 Å². The summed E-state index contributed by atoms with van der Waals surface area (Å²) in [6, 6.07) is 78.6. The lowest BCUT2D eigenvalue weighted by Crippen LogP contribution is -2.03. The van der Waals surface area contributed by atoms with Crippen LogP contribution in [0.4, 0.5) is 0 Å². The smallest absolute Gasteiger partial charge is 0.235 e.